The van der Waals surface area contributed by atoms with E-state index in [0.29, 0.717) is 31.7 Å². The summed E-state index contributed by atoms with van der Waals surface area (Å²) >= 11 is 0. The van der Waals surface area contributed by atoms with Crippen molar-refractivity contribution < 1.29 is 14.3 Å². The van der Waals surface area contributed by atoms with Gasteiger partial charge in [0.05, 0.1) is 6.61 Å². The fraction of sp³-hybridized carbons (Fsp3) is 0.364. The van der Waals surface area contributed by atoms with E-state index in [1.807, 2.05) is 55.1 Å². The van der Waals surface area contributed by atoms with E-state index in [9.17, 15) is 9.59 Å². The average molecular weight is 366 g/mol. The van der Waals surface area contributed by atoms with Gasteiger partial charge in [0.1, 0.15) is 5.75 Å². The molecule has 1 saturated heterocycles. The van der Waals surface area contributed by atoms with E-state index in [1.54, 1.807) is 6.07 Å². The number of nitrogens with one attached hydrogen (secondary N) is 1. The Morgan fingerprint density at radius 3 is 2.63 bits per heavy atom. The van der Waals surface area contributed by atoms with Crippen LogP contribution in [-0.2, 0) is 17.9 Å². The van der Waals surface area contributed by atoms with Gasteiger partial charge in [-0.1, -0.05) is 24.3 Å². The van der Waals surface area contributed by atoms with Crippen LogP contribution < -0.4 is 10.1 Å². The van der Waals surface area contributed by atoms with Gasteiger partial charge in [0.2, 0.25) is 5.91 Å². The van der Waals surface area contributed by atoms with Crippen molar-refractivity contribution in [3.8, 4) is 5.75 Å². The van der Waals surface area contributed by atoms with E-state index < -0.39 is 0 Å². The molecule has 5 nitrogen and oxygen atoms in total. The molecule has 1 fully saturated rings. The van der Waals surface area contributed by atoms with Crippen LogP contribution in [0.4, 0.5) is 0 Å². The van der Waals surface area contributed by atoms with Gasteiger partial charge in [-0.3, -0.25) is 9.59 Å². The van der Waals surface area contributed by atoms with Crippen LogP contribution in [0.2, 0.25) is 0 Å². The maximum absolute atomic E-state index is 12.5. The van der Waals surface area contributed by atoms with Gasteiger partial charge in [-0.2, -0.15) is 0 Å². The highest BCUT2D eigenvalue weighted by atomic mass is 16.5. The monoisotopic (exact) mass is 366 g/mol. The maximum Gasteiger partial charge on any atom is 0.251 e. The molecule has 1 N–H and O–H groups in total. The molecular weight excluding hydrogens is 340 g/mol. The van der Waals surface area contributed by atoms with E-state index in [1.165, 1.54) is 0 Å². The third-order valence-electron chi connectivity index (χ3n) is 4.83. The third-order valence-corrected chi connectivity index (χ3v) is 4.83. The molecule has 5 heteroatoms. The quantitative estimate of drug-likeness (QED) is 0.817. The molecule has 0 unspecified atom stereocenters. The van der Waals surface area contributed by atoms with Crippen LogP contribution in [0.5, 0.6) is 5.75 Å². The minimum Gasteiger partial charge on any atom is -0.494 e. The topological polar surface area (TPSA) is 58.6 Å². The second-order valence-electron chi connectivity index (χ2n) is 6.78. The Morgan fingerprint density at radius 1 is 1.19 bits per heavy atom. The second-order valence-corrected chi connectivity index (χ2v) is 6.78. The first-order valence-electron chi connectivity index (χ1n) is 9.44. The molecule has 1 aliphatic heterocycles. The van der Waals surface area contributed by atoms with E-state index in [4.69, 9.17) is 4.74 Å². The summed E-state index contributed by atoms with van der Waals surface area (Å²) in [5.74, 6) is 0.890. The van der Waals surface area contributed by atoms with E-state index >= 15 is 0 Å². The van der Waals surface area contributed by atoms with Gasteiger partial charge in [0.15, 0.2) is 0 Å². The zero-order valence-electron chi connectivity index (χ0n) is 16.0. The van der Waals surface area contributed by atoms with Crippen LogP contribution in [0, 0.1) is 6.92 Å². The Labute approximate surface area is 160 Å². The Hall–Kier alpha value is -2.82. The largest absolute Gasteiger partial charge is 0.494 e. The molecule has 0 radical (unpaired) electrons. The lowest BCUT2D eigenvalue weighted by atomic mass is 10.1. The van der Waals surface area contributed by atoms with Crippen molar-refractivity contribution in [1.82, 2.24) is 10.2 Å². The van der Waals surface area contributed by atoms with E-state index in [2.05, 4.69) is 5.32 Å². The molecule has 0 aliphatic carbocycles. The Kier molecular flexibility index (Phi) is 6.12. The Morgan fingerprint density at radius 2 is 1.96 bits per heavy atom. The lowest BCUT2D eigenvalue weighted by molar-refractivity contribution is -0.128. The number of hydrogen-bond donors (Lipinski definition) is 1. The number of carbonyl (C=O) groups excluding carboxylic acids is 2. The molecule has 2 aromatic rings. The molecule has 0 saturated carbocycles. The number of likely N-dealkylation sites (tertiary alicyclic amines) is 1. The van der Waals surface area contributed by atoms with Gasteiger partial charge in [-0.15, -0.1) is 0 Å². The van der Waals surface area contributed by atoms with Crippen molar-refractivity contribution in [3.05, 3.63) is 64.7 Å². The van der Waals surface area contributed by atoms with E-state index in [-0.39, 0.29) is 11.8 Å². The first-order valence-corrected chi connectivity index (χ1v) is 9.44. The number of nitrogens with zero attached hydrogens (tertiary/aromatic N) is 1. The molecule has 0 atom stereocenters. The Bertz CT molecular complexity index is 832. The normalized spacial score (nSPS) is 13.7. The summed E-state index contributed by atoms with van der Waals surface area (Å²) in [4.78, 5) is 26.3. The summed E-state index contributed by atoms with van der Waals surface area (Å²) in [5.41, 5.74) is 3.67. The van der Waals surface area contributed by atoms with Crippen molar-refractivity contribution >= 4 is 11.8 Å². The fourth-order valence-corrected chi connectivity index (χ4v) is 3.35. The van der Waals surface area contributed by atoms with E-state index in [0.717, 1.165) is 35.4 Å². The molecule has 1 aliphatic rings. The molecule has 0 aromatic heterocycles. The lowest BCUT2D eigenvalue weighted by Gasteiger charge is -2.18. The number of benzene rings is 2. The summed E-state index contributed by atoms with van der Waals surface area (Å²) in [5, 5.41) is 2.99. The highest BCUT2D eigenvalue weighted by molar-refractivity contribution is 5.94. The smallest absolute Gasteiger partial charge is 0.251 e. The number of amides is 2. The van der Waals surface area contributed by atoms with Crippen molar-refractivity contribution in [3.63, 3.8) is 0 Å². The van der Waals surface area contributed by atoms with Crippen LogP contribution in [-0.4, -0.2) is 29.9 Å². The highest BCUT2D eigenvalue weighted by Gasteiger charge is 2.21. The summed E-state index contributed by atoms with van der Waals surface area (Å²) in [7, 11) is 0. The predicted molar refractivity (Wildman–Crippen MR) is 105 cm³/mol. The van der Waals surface area contributed by atoms with Crippen LogP contribution in [0.1, 0.15) is 46.8 Å². The van der Waals surface area contributed by atoms with Crippen molar-refractivity contribution in [2.24, 2.45) is 0 Å². The number of rotatable bonds is 7. The van der Waals surface area contributed by atoms with Crippen LogP contribution in [0.15, 0.2) is 42.5 Å². The fourth-order valence-electron chi connectivity index (χ4n) is 3.35. The molecule has 1 heterocycles. The van der Waals surface area contributed by atoms with Crippen molar-refractivity contribution in [2.45, 2.75) is 39.8 Å². The molecule has 0 spiro atoms. The number of carbonyl (C=O) groups is 2. The zero-order chi connectivity index (χ0) is 19.2. The van der Waals surface area contributed by atoms with Crippen LogP contribution >= 0.6 is 0 Å². The number of ether oxygens (including phenoxy) is 1. The molecular formula is C22H26N2O3. The summed E-state index contributed by atoms with van der Waals surface area (Å²) in [6.45, 7) is 6.32. The van der Waals surface area contributed by atoms with Gasteiger partial charge in [0.25, 0.3) is 5.91 Å². The highest BCUT2D eigenvalue weighted by Crippen LogP contribution is 2.20. The van der Waals surface area contributed by atoms with Crippen LogP contribution in [0.3, 0.4) is 0 Å². The summed E-state index contributed by atoms with van der Waals surface area (Å²) < 4.78 is 5.52. The zero-order valence-corrected chi connectivity index (χ0v) is 16.0. The molecule has 27 heavy (non-hydrogen) atoms. The van der Waals surface area contributed by atoms with Gasteiger partial charge < -0.3 is 15.0 Å². The number of hydrogen-bond acceptors (Lipinski definition) is 3. The third kappa shape index (κ3) is 4.67. The molecule has 142 valence electrons. The average Bonchev–Trinajstić information content (AvgIpc) is 3.07. The first-order chi connectivity index (χ1) is 13.1. The first kappa shape index (κ1) is 19.0. The van der Waals surface area contributed by atoms with Crippen LogP contribution in [0.25, 0.3) is 0 Å². The SMILES string of the molecule is CCOc1ccc(C(=O)NCc2ccccc2CN2CCCC2=O)cc1C. The second kappa shape index (κ2) is 8.71. The van der Waals surface area contributed by atoms with Gasteiger partial charge in [0, 0.05) is 31.6 Å². The van der Waals surface area contributed by atoms with Gasteiger partial charge in [-0.05, 0) is 55.2 Å². The number of aryl methyl sites for hydroxylation is 1. The molecule has 3 rings (SSSR count). The minimum atomic E-state index is -0.117. The predicted octanol–water partition coefficient (Wildman–Crippen LogP) is 3.45. The maximum atomic E-state index is 12.5. The summed E-state index contributed by atoms with van der Waals surface area (Å²) in [6, 6.07) is 13.4. The van der Waals surface area contributed by atoms with Crippen molar-refractivity contribution in [2.75, 3.05) is 13.2 Å². The standard InChI is InChI=1S/C22H26N2O3/c1-3-27-20-11-10-17(13-16(20)2)22(26)23-14-18-7-4-5-8-19(18)15-24-12-6-9-21(24)25/h4-5,7-8,10-11,13H,3,6,9,12,14-15H2,1-2H3,(H,23,26). The lowest BCUT2D eigenvalue weighted by Crippen LogP contribution is -2.26. The van der Waals surface area contributed by atoms with Crippen molar-refractivity contribution in [1.29, 1.82) is 0 Å². The minimum absolute atomic E-state index is 0.117. The molecule has 0 bridgehead atoms. The molecule has 2 amide bonds. The summed E-state index contributed by atoms with van der Waals surface area (Å²) in [6.07, 6.45) is 1.56. The van der Waals surface area contributed by atoms with Gasteiger partial charge >= 0.3 is 0 Å². The Balaban J connectivity index is 1.65. The molecule has 2 aromatic carbocycles. The van der Waals surface area contributed by atoms with Gasteiger partial charge in [-0.25, -0.2) is 0 Å².